The number of hydrogen-bond donors (Lipinski definition) is 0. The predicted molar refractivity (Wildman–Crippen MR) is 361 cm³/mol. The number of halogens is 5. The fraction of sp³-hybridized carbons (Fsp3) is 0.975. The maximum Gasteiger partial charge on any atom is 0.0899 e. The van der Waals surface area contributed by atoms with Gasteiger partial charge in [0, 0.05) is 0 Å². The molecule has 0 aliphatic heterocycles. The highest BCUT2D eigenvalue weighted by molar-refractivity contribution is 4.99. The zero-order valence-corrected chi connectivity index (χ0v) is 58.6. The molecule has 5 heteroatoms. The van der Waals surface area contributed by atoms with E-state index in [1.54, 1.807) is 0 Å². The summed E-state index contributed by atoms with van der Waals surface area (Å²) in [6.45, 7) is 30.5. The monoisotopic (exact) mass is 1200 g/mol. The van der Waals surface area contributed by atoms with Crippen LogP contribution in [0.25, 0.3) is 0 Å². The normalized spacial score (nSPS) is 28.5. The fourth-order valence-corrected chi connectivity index (χ4v) is 20.4. The first-order valence-electron chi connectivity index (χ1n) is 38.0. The minimum atomic E-state index is -0.226. The zero-order chi connectivity index (χ0) is 62.1. The van der Waals surface area contributed by atoms with E-state index in [-0.39, 0.29) is 38.8 Å². The first kappa shape index (κ1) is 75.1. The highest BCUT2D eigenvalue weighted by Gasteiger charge is 2.41. The molecule has 0 spiro atoms. The molecule has 5 aliphatic carbocycles. The van der Waals surface area contributed by atoms with Crippen molar-refractivity contribution in [2.24, 2.45) is 110 Å². The Morgan fingerprint density at radius 1 is 0.282 bits per heavy atom. The van der Waals surface area contributed by atoms with E-state index in [1.165, 1.54) is 230 Å². The molecule has 0 bridgehead atoms. The average Bonchev–Trinajstić information content (AvgIpc) is 3.59. The van der Waals surface area contributed by atoms with Crippen molar-refractivity contribution in [3.63, 3.8) is 0 Å². The largest absolute Gasteiger partial charge is 0.251 e. The van der Waals surface area contributed by atoms with Crippen molar-refractivity contribution in [3.05, 3.63) is 12.2 Å². The second-order valence-electron chi connectivity index (χ2n) is 34.9. The average molecular weight is 1200 g/mol. The Bertz CT molecular complexity index is 1720. The van der Waals surface area contributed by atoms with Crippen LogP contribution in [-0.2, 0) is 0 Å². The maximum atomic E-state index is 14.3. The summed E-state index contributed by atoms with van der Waals surface area (Å²) in [5.74, 6) is 9.94. The molecule has 5 saturated carbocycles. The topological polar surface area (TPSA) is 0 Å². The van der Waals surface area contributed by atoms with Gasteiger partial charge in [0.05, 0.1) is 33.4 Å². The highest BCUT2D eigenvalue weighted by Crippen LogP contribution is 2.53. The molecular formula is C80H145F5. The third-order valence-corrected chi connectivity index (χ3v) is 27.4. The van der Waals surface area contributed by atoms with Crippen LogP contribution in [0.4, 0.5) is 22.0 Å². The van der Waals surface area contributed by atoms with Gasteiger partial charge in [-0.05, 0) is 309 Å². The van der Waals surface area contributed by atoms with Gasteiger partial charge >= 0.3 is 0 Å². The fourth-order valence-electron chi connectivity index (χ4n) is 20.4. The maximum absolute atomic E-state index is 14.3. The Labute approximate surface area is 527 Å². The van der Waals surface area contributed by atoms with Crippen molar-refractivity contribution in [2.75, 3.05) is 33.4 Å². The lowest BCUT2D eigenvalue weighted by molar-refractivity contribution is 0.0683. The summed E-state index contributed by atoms with van der Waals surface area (Å²) in [6.07, 6.45) is 52.1. The molecule has 0 amide bonds. The van der Waals surface area contributed by atoms with Crippen molar-refractivity contribution in [1.82, 2.24) is 0 Å². The van der Waals surface area contributed by atoms with Crippen LogP contribution >= 0.6 is 0 Å². The smallest absolute Gasteiger partial charge is 0.0899 e. The second kappa shape index (κ2) is 37.8. The van der Waals surface area contributed by atoms with E-state index in [2.05, 4.69) is 82.7 Å². The van der Waals surface area contributed by atoms with Crippen LogP contribution in [0, 0.1) is 110 Å². The van der Waals surface area contributed by atoms with Crippen molar-refractivity contribution < 1.29 is 22.0 Å². The summed E-state index contributed by atoms with van der Waals surface area (Å²) in [5, 5.41) is 0. The highest BCUT2D eigenvalue weighted by atomic mass is 19.1. The molecule has 4 unspecified atom stereocenters. The molecule has 0 aromatic carbocycles. The molecule has 0 nitrogen and oxygen atoms in total. The summed E-state index contributed by atoms with van der Waals surface area (Å²) >= 11 is 0. The minimum absolute atomic E-state index is 0.0629. The van der Waals surface area contributed by atoms with Crippen molar-refractivity contribution in [1.29, 1.82) is 0 Å². The van der Waals surface area contributed by atoms with Crippen LogP contribution in [0.15, 0.2) is 12.2 Å². The third-order valence-electron chi connectivity index (χ3n) is 27.4. The van der Waals surface area contributed by atoms with Crippen molar-refractivity contribution in [3.8, 4) is 0 Å². The van der Waals surface area contributed by atoms with Gasteiger partial charge in [-0.1, -0.05) is 165 Å². The predicted octanol–water partition coefficient (Wildman–Crippen LogP) is 27.0. The molecule has 5 aliphatic rings. The van der Waals surface area contributed by atoms with E-state index < -0.39 is 0 Å². The Kier molecular flexibility index (Phi) is 33.4. The molecule has 0 aromatic rings. The lowest BCUT2D eigenvalue weighted by Crippen LogP contribution is -2.33. The zero-order valence-electron chi connectivity index (χ0n) is 58.6. The van der Waals surface area contributed by atoms with Crippen molar-refractivity contribution >= 4 is 0 Å². The van der Waals surface area contributed by atoms with Gasteiger partial charge in [0.15, 0.2) is 0 Å². The Morgan fingerprint density at radius 2 is 0.553 bits per heavy atom. The Hall–Kier alpha value is -0.610. The summed E-state index contributed by atoms with van der Waals surface area (Å²) < 4.78 is 68.2. The molecule has 500 valence electrons. The second-order valence-corrected chi connectivity index (χ2v) is 34.9. The van der Waals surface area contributed by atoms with E-state index in [4.69, 9.17) is 0 Å². The van der Waals surface area contributed by atoms with E-state index in [9.17, 15) is 22.0 Å². The lowest BCUT2D eigenvalue weighted by atomic mass is 9.61. The number of alkyl halides is 5. The quantitative estimate of drug-likeness (QED) is 0.0325. The number of allylic oxidation sites excluding steroid dienone is 1. The number of unbranched alkanes of at least 4 members (excludes halogenated alkanes) is 5. The molecule has 0 N–H and O–H groups in total. The number of rotatable bonds is 42. The van der Waals surface area contributed by atoms with Gasteiger partial charge in [-0.15, -0.1) is 0 Å². The Balaban J connectivity index is 1.15. The summed E-state index contributed by atoms with van der Waals surface area (Å²) in [6, 6.07) is 0. The van der Waals surface area contributed by atoms with Gasteiger partial charge < -0.3 is 0 Å². The van der Waals surface area contributed by atoms with Gasteiger partial charge in [0.25, 0.3) is 0 Å². The lowest BCUT2D eigenvalue weighted by Gasteiger charge is -2.44. The first-order valence-corrected chi connectivity index (χ1v) is 38.0. The van der Waals surface area contributed by atoms with Crippen LogP contribution in [0.2, 0.25) is 0 Å². The molecule has 5 rings (SSSR count). The van der Waals surface area contributed by atoms with Crippen LogP contribution < -0.4 is 0 Å². The van der Waals surface area contributed by atoms with E-state index >= 15 is 0 Å². The number of hydrogen-bond acceptors (Lipinski definition) is 0. The molecule has 4 atom stereocenters. The summed E-state index contributed by atoms with van der Waals surface area (Å²) in [4.78, 5) is 0. The summed E-state index contributed by atoms with van der Waals surface area (Å²) in [7, 11) is 0. The Morgan fingerprint density at radius 3 is 0.906 bits per heavy atom. The minimum Gasteiger partial charge on any atom is -0.251 e. The van der Waals surface area contributed by atoms with Gasteiger partial charge in [0.1, 0.15) is 0 Å². The van der Waals surface area contributed by atoms with E-state index in [0.29, 0.717) is 64.1 Å². The third kappa shape index (κ3) is 24.8. The van der Waals surface area contributed by atoms with Crippen LogP contribution in [0.5, 0.6) is 0 Å². The molecule has 0 radical (unpaired) electrons. The van der Waals surface area contributed by atoms with E-state index in [0.717, 1.165) is 91.8 Å². The first-order chi connectivity index (χ1) is 40.5. The van der Waals surface area contributed by atoms with E-state index in [1.807, 2.05) is 0 Å². The van der Waals surface area contributed by atoms with Crippen LogP contribution in [-0.4, -0.2) is 33.4 Å². The molecule has 5 fully saturated rings. The molecular weight excluding hydrogens is 1060 g/mol. The standard InChI is InChI=1S/C80H145F5/c1-61(2)62-28-38-71(39-29-62)77(5,6)52-19-16-25-63(26-17-21-57-82)67-30-44-74(45-31-67)79(9,10)54-48-64(23-14-15-24-65(49-58-83)69-36-46-75(47-37-69)80(11,12)55-60-85)68-32-40-73(41-33-68)78(7,8)53-22-27-66(50-59-84)70-34-42-72(43-35-70)76(3,4)51-18-13-20-56-81/h62-75H,1,13-60H2,2-12H3. The van der Waals surface area contributed by atoms with Gasteiger partial charge in [0.2, 0.25) is 0 Å². The van der Waals surface area contributed by atoms with Gasteiger partial charge in [-0.25, -0.2) is 0 Å². The van der Waals surface area contributed by atoms with Gasteiger partial charge in [-0.2, -0.15) is 0 Å². The van der Waals surface area contributed by atoms with Crippen LogP contribution in [0.3, 0.4) is 0 Å². The van der Waals surface area contributed by atoms with Crippen molar-refractivity contribution in [2.45, 2.75) is 352 Å². The molecule has 0 aromatic heterocycles. The van der Waals surface area contributed by atoms with Crippen LogP contribution in [0.1, 0.15) is 352 Å². The molecule has 85 heavy (non-hydrogen) atoms. The SMILES string of the molecule is C=C(C)C1CCC(C(C)(C)CCCCC(CCCCF)C2CCC(C(C)(C)CCC(CCCCC(CCF)C3CCC(C(C)(C)CCF)CC3)C3CCC(C(C)(C)CCCC(CCF)C4CCC(C(C)(C)CCCCCF)CC4)CC3)CC2)CC1. The molecule has 0 heterocycles. The van der Waals surface area contributed by atoms with Gasteiger partial charge in [-0.3, -0.25) is 22.0 Å². The molecule has 0 saturated heterocycles. The summed E-state index contributed by atoms with van der Waals surface area (Å²) in [5.41, 5.74) is 2.83.